The molecule has 0 amide bonds. The van der Waals surface area contributed by atoms with E-state index in [1.807, 2.05) is 19.1 Å². The quantitative estimate of drug-likeness (QED) is 0.906. The Labute approximate surface area is 122 Å². The Morgan fingerprint density at radius 1 is 1.26 bits per heavy atom. The molecule has 0 aliphatic heterocycles. The van der Waals surface area contributed by atoms with Gasteiger partial charge in [-0.3, -0.25) is 0 Å². The van der Waals surface area contributed by atoms with Crippen molar-refractivity contribution in [2.24, 2.45) is 0 Å². The summed E-state index contributed by atoms with van der Waals surface area (Å²) in [5.74, 6) is 0.912. The smallest absolute Gasteiger partial charge is 0.129 e. The number of nitrogens with one attached hydrogen (secondary N) is 1. The van der Waals surface area contributed by atoms with Crippen molar-refractivity contribution >= 4 is 21.7 Å². The summed E-state index contributed by atoms with van der Waals surface area (Å²) < 4.78 is 6.21. The van der Waals surface area contributed by atoms with Gasteiger partial charge in [0.25, 0.3) is 0 Å². The maximum atomic E-state index is 5.21. The average molecular weight is 321 g/mol. The molecule has 1 heterocycles. The zero-order chi connectivity index (χ0) is 13.7. The maximum Gasteiger partial charge on any atom is 0.129 e. The molecule has 2 rings (SSSR count). The van der Waals surface area contributed by atoms with E-state index in [-0.39, 0.29) is 0 Å². The third kappa shape index (κ3) is 3.78. The number of pyridine rings is 1. The molecule has 0 spiro atoms. The van der Waals surface area contributed by atoms with Crippen molar-refractivity contribution in [2.45, 2.75) is 20.1 Å². The number of anilines is 1. The molecular weight excluding hydrogens is 304 g/mol. The van der Waals surface area contributed by atoms with E-state index < -0.39 is 0 Å². The first-order chi connectivity index (χ1) is 9.20. The van der Waals surface area contributed by atoms with E-state index in [4.69, 9.17) is 4.74 Å². The molecule has 0 radical (unpaired) electrons. The van der Waals surface area contributed by atoms with Crippen LogP contribution in [0.5, 0.6) is 0 Å². The van der Waals surface area contributed by atoms with E-state index in [1.165, 1.54) is 11.1 Å². The fourth-order valence-electron chi connectivity index (χ4n) is 1.93. The number of nitrogens with zero attached hydrogens (tertiary/aromatic N) is 1. The lowest BCUT2D eigenvalue weighted by Crippen LogP contribution is -2.06. The highest BCUT2D eigenvalue weighted by atomic mass is 79.9. The number of aromatic nitrogens is 1. The number of benzene rings is 1. The number of halogens is 1. The highest BCUT2D eigenvalue weighted by Gasteiger charge is 2.04. The van der Waals surface area contributed by atoms with Crippen LogP contribution in [0.25, 0.3) is 0 Å². The van der Waals surface area contributed by atoms with Gasteiger partial charge in [0.2, 0.25) is 0 Å². The van der Waals surface area contributed by atoms with Gasteiger partial charge >= 0.3 is 0 Å². The Morgan fingerprint density at radius 2 is 2.00 bits per heavy atom. The molecule has 0 atom stereocenters. The molecule has 0 fully saturated rings. The van der Waals surface area contributed by atoms with Crippen LogP contribution in [0.2, 0.25) is 0 Å². The minimum atomic E-state index is 0.630. The molecule has 1 N–H and O–H groups in total. The minimum absolute atomic E-state index is 0.630. The van der Waals surface area contributed by atoms with Crippen LogP contribution in [0, 0.1) is 6.92 Å². The van der Waals surface area contributed by atoms with Crippen LogP contribution in [0.4, 0.5) is 5.82 Å². The fourth-order valence-corrected chi connectivity index (χ4v) is 2.38. The number of aryl methyl sites for hydroxylation is 1. The first-order valence-corrected chi connectivity index (χ1v) is 6.91. The van der Waals surface area contributed by atoms with Crippen LogP contribution in [-0.2, 0) is 17.9 Å². The molecule has 4 heteroatoms. The summed E-state index contributed by atoms with van der Waals surface area (Å²) in [6, 6.07) is 10.3. The Hall–Kier alpha value is -1.39. The van der Waals surface area contributed by atoms with Gasteiger partial charge in [-0.1, -0.05) is 24.3 Å². The summed E-state index contributed by atoms with van der Waals surface area (Å²) >= 11 is 3.42. The lowest BCUT2D eigenvalue weighted by molar-refractivity contribution is 0.184. The second-order valence-corrected chi connectivity index (χ2v) is 5.29. The lowest BCUT2D eigenvalue weighted by atomic mass is 10.1. The van der Waals surface area contributed by atoms with E-state index in [9.17, 15) is 0 Å². The molecule has 3 nitrogen and oxygen atoms in total. The Kier molecular flexibility index (Phi) is 4.93. The third-order valence-electron chi connectivity index (χ3n) is 2.91. The molecule has 0 bridgehead atoms. The predicted octanol–water partition coefficient (Wildman–Crippen LogP) is 3.91. The summed E-state index contributed by atoms with van der Waals surface area (Å²) in [6.07, 6.45) is 1.80. The van der Waals surface area contributed by atoms with Crippen molar-refractivity contribution < 1.29 is 4.74 Å². The highest BCUT2D eigenvalue weighted by molar-refractivity contribution is 9.10. The van der Waals surface area contributed by atoms with E-state index >= 15 is 0 Å². The van der Waals surface area contributed by atoms with E-state index in [0.29, 0.717) is 6.61 Å². The topological polar surface area (TPSA) is 34.1 Å². The highest BCUT2D eigenvalue weighted by Crippen LogP contribution is 2.18. The van der Waals surface area contributed by atoms with Gasteiger partial charge in [-0.2, -0.15) is 0 Å². The van der Waals surface area contributed by atoms with Crippen molar-refractivity contribution in [3.05, 3.63) is 57.7 Å². The van der Waals surface area contributed by atoms with Crippen molar-refractivity contribution in [1.82, 2.24) is 4.98 Å². The molecule has 0 aliphatic carbocycles. The molecule has 0 saturated heterocycles. The van der Waals surface area contributed by atoms with Gasteiger partial charge in [0.1, 0.15) is 5.82 Å². The number of hydrogen-bond acceptors (Lipinski definition) is 3. The van der Waals surface area contributed by atoms with Crippen LogP contribution < -0.4 is 5.32 Å². The summed E-state index contributed by atoms with van der Waals surface area (Å²) in [4.78, 5) is 4.38. The normalized spacial score (nSPS) is 10.5. The van der Waals surface area contributed by atoms with Gasteiger partial charge in [0, 0.05) is 24.3 Å². The first kappa shape index (κ1) is 14.0. The van der Waals surface area contributed by atoms with E-state index in [1.54, 1.807) is 13.3 Å². The number of rotatable bonds is 5. The molecule has 0 unspecified atom stereocenters. The van der Waals surface area contributed by atoms with Crippen LogP contribution >= 0.6 is 15.9 Å². The third-order valence-corrected chi connectivity index (χ3v) is 3.34. The number of ether oxygens (including phenoxy) is 1. The van der Waals surface area contributed by atoms with Gasteiger partial charge in [-0.25, -0.2) is 4.98 Å². The summed E-state index contributed by atoms with van der Waals surface area (Å²) in [7, 11) is 1.71. The molecule has 100 valence electrons. The first-order valence-electron chi connectivity index (χ1n) is 6.12. The number of hydrogen-bond donors (Lipinski definition) is 1. The van der Waals surface area contributed by atoms with Gasteiger partial charge in [0.15, 0.2) is 0 Å². The standard InChI is InChI=1S/C15H17BrN2O/c1-11-7-14(16)9-18-15(11)17-8-12-5-3-4-6-13(12)10-19-2/h3-7,9H,8,10H2,1-2H3,(H,17,18). The van der Waals surface area contributed by atoms with Gasteiger partial charge in [0.05, 0.1) is 6.61 Å². The van der Waals surface area contributed by atoms with Gasteiger partial charge in [-0.15, -0.1) is 0 Å². The second kappa shape index (κ2) is 6.68. The van der Waals surface area contributed by atoms with Crippen molar-refractivity contribution in [3.8, 4) is 0 Å². The second-order valence-electron chi connectivity index (χ2n) is 4.37. The van der Waals surface area contributed by atoms with Crippen molar-refractivity contribution in [2.75, 3.05) is 12.4 Å². The Balaban J connectivity index is 2.10. The average Bonchev–Trinajstić information content (AvgIpc) is 2.40. The predicted molar refractivity (Wildman–Crippen MR) is 81.2 cm³/mol. The van der Waals surface area contributed by atoms with Crippen LogP contribution in [-0.4, -0.2) is 12.1 Å². The van der Waals surface area contributed by atoms with Crippen molar-refractivity contribution in [3.63, 3.8) is 0 Å². The molecule has 0 saturated carbocycles. The van der Waals surface area contributed by atoms with Crippen LogP contribution in [0.3, 0.4) is 0 Å². The zero-order valence-electron chi connectivity index (χ0n) is 11.1. The summed E-state index contributed by atoms with van der Waals surface area (Å²) in [5, 5.41) is 3.37. The molecule has 1 aromatic heterocycles. The molecule has 1 aromatic carbocycles. The number of methoxy groups -OCH3 is 1. The SMILES string of the molecule is COCc1ccccc1CNc1ncc(Br)cc1C. The summed E-state index contributed by atoms with van der Waals surface area (Å²) in [5.41, 5.74) is 3.55. The molecular formula is C15H17BrN2O. The monoisotopic (exact) mass is 320 g/mol. The molecule has 2 aromatic rings. The lowest BCUT2D eigenvalue weighted by Gasteiger charge is -2.12. The molecule has 0 aliphatic rings. The van der Waals surface area contributed by atoms with E-state index in [2.05, 4.69) is 44.4 Å². The summed E-state index contributed by atoms with van der Waals surface area (Å²) in [6.45, 7) is 3.42. The largest absolute Gasteiger partial charge is 0.380 e. The van der Waals surface area contributed by atoms with Gasteiger partial charge in [-0.05, 0) is 45.6 Å². The zero-order valence-corrected chi connectivity index (χ0v) is 12.7. The Bertz CT molecular complexity index is 558. The van der Waals surface area contributed by atoms with Gasteiger partial charge < -0.3 is 10.1 Å². The van der Waals surface area contributed by atoms with E-state index in [0.717, 1.165) is 22.4 Å². The fraction of sp³-hybridized carbons (Fsp3) is 0.267. The van der Waals surface area contributed by atoms with Crippen LogP contribution in [0.15, 0.2) is 41.0 Å². The minimum Gasteiger partial charge on any atom is -0.380 e. The maximum absolute atomic E-state index is 5.21. The Morgan fingerprint density at radius 3 is 2.68 bits per heavy atom. The molecule has 19 heavy (non-hydrogen) atoms. The van der Waals surface area contributed by atoms with Crippen molar-refractivity contribution in [1.29, 1.82) is 0 Å². The van der Waals surface area contributed by atoms with Crippen LogP contribution in [0.1, 0.15) is 16.7 Å².